The van der Waals surface area contributed by atoms with E-state index in [1.807, 2.05) is 11.8 Å². The molecule has 1 aliphatic carbocycles. The normalized spacial score (nSPS) is 16.4. The fourth-order valence-corrected chi connectivity index (χ4v) is 4.27. The van der Waals surface area contributed by atoms with Crippen LogP contribution in [-0.2, 0) is 6.42 Å². The van der Waals surface area contributed by atoms with Gasteiger partial charge in [0.15, 0.2) is 0 Å². The zero-order valence-electron chi connectivity index (χ0n) is 14.0. The lowest BCUT2D eigenvalue weighted by atomic mass is 10.1. The van der Waals surface area contributed by atoms with Gasteiger partial charge in [0.25, 0.3) is 0 Å². The minimum absolute atomic E-state index is 0.937. The smallest absolute Gasteiger partial charge is 0.0556 e. The van der Waals surface area contributed by atoms with E-state index in [2.05, 4.69) is 66.4 Å². The molecule has 1 aliphatic heterocycles. The first-order chi connectivity index (χ1) is 11.2. The predicted octanol–water partition coefficient (Wildman–Crippen LogP) is 4.80. The molecule has 1 fully saturated rings. The van der Waals surface area contributed by atoms with Crippen LogP contribution in [0.4, 0.5) is 11.4 Å². The summed E-state index contributed by atoms with van der Waals surface area (Å²) >= 11 is 1.91. The Morgan fingerprint density at radius 1 is 1.04 bits per heavy atom. The largest absolute Gasteiger partial charge is 0.338 e. The van der Waals surface area contributed by atoms with E-state index >= 15 is 0 Å². The van der Waals surface area contributed by atoms with E-state index in [4.69, 9.17) is 0 Å². The predicted molar refractivity (Wildman–Crippen MR) is 99.0 cm³/mol. The number of hydrogen-bond donors (Lipinski definition) is 0. The van der Waals surface area contributed by atoms with Crippen LogP contribution in [-0.4, -0.2) is 32.1 Å². The molecule has 2 nitrogen and oxygen atoms in total. The lowest BCUT2D eigenvalue weighted by molar-refractivity contribution is 0.418. The van der Waals surface area contributed by atoms with E-state index < -0.39 is 0 Å². The Kier molecular flexibility index (Phi) is 4.08. The Balaban J connectivity index is 1.70. The number of hydrogen-bond acceptors (Lipinski definition) is 3. The number of benzene rings is 2. The third-order valence-electron chi connectivity index (χ3n) is 4.68. The van der Waals surface area contributed by atoms with Crippen molar-refractivity contribution in [2.45, 2.75) is 29.1 Å². The molecule has 2 aromatic carbocycles. The Morgan fingerprint density at radius 3 is 2.61 bits per heavy atom. The zero-order valence-corrected chi connectivity index (χ0v) is 14.8. The van der Waals surface area contributed by atoms with Crippen LogP contribution in [0.1, 0.15) is 18.4 Å². The number of fused-ring (bicyclic) bond motifs is 2. The summed E-state index contributed by atoms with van der Waals surface area (Å²) in [5.74, 6) is 0.937. The van der Waals surface area contributed by atoms with Crippen molar-refractivity contribution in [3.05, 3.63) is 48.0 Å². The molecule has 3 heteroatoms. The molecule has 1 heterocycles. The van der Waals surface area contributed by atoms with Gasteiger partial charge in [-0.15, -0.1) is 0 Å². The van der Waals surface area contributed by atoms with Gasteiger partial charge in [-0.25, -0.2) is 0 Å². The van der Waals surface area contributed by atoms with Gasteiger partial charge in [0.1, 0.15) is 0 Å². The minimum Gasteiger partial charge on any atom is -0.338 e. The molecule has 0 N–H and O–H groups in total. The van der Waals surface area contributed by atoms with Crippen LogP contribution in [0.5, 0.6) is 0 Å². The third kappa shape index (κ3) is 3.26. The third-order valence-corrected chi connectivity index (χ3v) is 5.81. The molecular weight excluding hydrogens is 300 g/mol. The van der Waals surface area contributed by atoms with Gasteiger partial charge >= 0.3 is 0 Å². The van der Waals surface area contributed by atoms with Gasteiger partial charge in [-0.2, -0.15) is 0 Å². The van der Waals surface area contributed by atoms with Crippen molar-refractivity contribution in [1.29, 1.82) is 0 Å². The molecule has 2 aromatic rings. The maximum Gasteiger partial charge on any atom is 0.0556 e. The highest BCUT2D eigenvalue weighted by molar-refractivity contribution is 7.99. The maximum atomic E-state index is 2.51. The molecule has 0 unspecified atom stereocenters. The first-order valence-electron chi connectivity index (χ1n) is 8.53. The molecule has 0 radical (unpaired) electrons. The fraction of sp³-hybridized carbons (Fsp3) is 0.400. The molecule has 0 spiro atoms. The SMILES string of the molecule is CN(C)CCN1c2ccccc2Sc2ccc(CC3CC3)cc21. The molecule has 0 bridgehead atoms. The molecule has 1 saturated carbocycles. The number of nitrogens with zero attached hydrogens (tertiary/aromatic N) is 2. The average Bonchev–Trinajstić information content (AvgIpc) is 3.35. The van der Waals surface area contributed by atoms with E-state index in [1.165, 1.54) is 46.0 Å². The summed E-state index contributed by atoms with van der Waals surface area (Å²) < 4.78 is 0. The van der Waals surface area contributed by atoms with Crippen LogP contribution in [0.15, 0.2) is 52.3 Å². The Morgan fingerprint density at radius 2 is 1.83 bits per heavy atom. The second-order valence-electron chi connectivity index (χ2n) is 6.97. The van der Waals surface area contributed by atoms with Gasteiger partial charge in [0.2, 0.25) is 0 Å². The molecule has 120 valence electrons. The maximum absolute atomic E-state index is 2.51. The molecule has 0 atom stereocenters. The van der Waals surface area contributed by atoms with Crippen molar-refractivity contribution >= 4 is 23.1 Å². The Hall–Kier alpha value is -1.45. The van der Waals surface area contributed by atoms with Crippen LogP contribution < -0.4 is 4.90 Å². The topological polar surface area (TPSA) is 6.48 Å². The van der Waals surface area contributed by atoms with E-state index in [9.17, 15) is 0 Å². The summed E-state index contributed by atoms with van der Waals surface area (Å²) in [4.78, 5) is 7.53. The molecule has 0 saturated heterocycles. The number of rotatable bonds is 5. The summed E-state index contributed by atoms with van der Waals surface area (Å²) in [5, 5.41) is 0. The van der Waals surface area contributed by atoms with E-state index in [-0.39, 0.29) is 0 Å². The lowest BCUT2D eigenvalue weighted by Crippen LogP contribution is -2.30. The van der Waals surface area contributed by atoms with Gasteiger partial charge in [-0.1, -0.05) is 30.0 Å². The zero-order chi connectivity index (χ0) is 15.8. The van der Waals surface area contributed by atoms with Crippen LogP contribution >= 0.6 is 11.8 Å². The van der Waals surface area contributed by atoms with Gasteiger partial charge < -0.3 is 9.80 Å². The molecule has 23 heavy (non-hydrogen) atoms. The number of anilines is 2. The highest BCUT2D eigenvalue weighted by atomic mass is 32.2. The van der Waals surface area contributed by atoms with E-state index in [0.29, 0.717) is 0 Å². The highest BCUT2D eigenvalue weighted by Gasteiger charge is 2.25. The number of likely N-dealkylation sites (N-methyl/N-ethyl adjacent to an activating group) is 1. The lowest BCUT2D eigenvalue weighted by Gasteiger charge is -2.34. The summed E-state index contributed by atoms with van der Waals surface area (Å²) in [7, 11) is 4.30. The number of para-hydroxylation sites is 1. The molecule has 0 aromatic heterocycles. The van der Waals surface area contributed by atoms with Crippen molar-refractivity contribution < 1.29 is 0 Å². The second-order valence-corrected chi connectivity index (χ2v) is 8.06. The van der Waals surface area contributed by atoms with Gasteiger partial charge in [0, 0.05) is 22.9 Å². The molecular formula is C20H24N2S. The van der Waals surface area contributed by atoms with Crippen LogP contribution in [0, 0.1) is 5.92 Å². The Labute approximate surface area is 143 Å². The van der Waals surface area contributed by atoms with E-state index in [1.54, 1.807) is 0 Å². The van der Waals surface area contributed by atoms with Crippen molar-refractivity contribution in [3.63, 3.8) is 0 Å². The van der Waals surface area contributed by atoms with Crippen molar-refractivity contribution in [3.8, 4) is 0 Å². The van der Waals surface area contributed by atoms with E-state index in [0.717, 1.165) is 19.0 Å². The minimum atomic E-state index is 0.937. The van der Waals surface area contributed by atoms with Crippen molar-refractivity contribution in [2.24, 2.45) is 5.92 Å². The molecule has 4 rings (SSSR count). The summed E-state index contributed by atoms with van der Waals surface area (Å²) in [5.41, 5.74) is 4.25. The van der Waals surface area contributed by atoms with Crippen molar-refractivity contribution in [2.75, 3.05) is 32.1 Å². The molecule has 2 aliphatic rings. The average molecular weight is 324 g/mol. The quantitative estimate of drug-likeness (QED) is 0.780. The van der Waals surface area contributed by atoms with Gasteiger partial charge in [-0.05, 0) is 69.1 Å². The first kappa shape index (κ1) is 15.1. The highest BCUT2D eigenvalue weighted by Crippen LogP contribution is 2.48. The first-order valence-corrected chi connectivity index (χ1v) is 9.34. The van der Waals surface area contributed by atoms with Crippen molar-refractivity contribution in [1.82, 2.24) is 4.90 Å². The summed E-state index contributed by atoms with van der Waals surface area (Å²) in [6.45, 7) is 2.09. The van der Waals surface area contributed by atoms with Gasteiger partial charge in [-0.3, -0.25) is 0 Å². The summed E-state index contributed by atoms with van der Waals surface area (Å²) in [6, 6.07) is 15.9. The van der Waals surface area contributed by atoms with Crippen LogP contribution in [0.25, 0.3) is 0 Å². The van der Waals surface area contributed by atoms with Crippen LogP contribution in [0.2, 0.25) is 0 Å². The van der Waals surface area contributed by atoms with Crippen LogP contribution in [0.3, 0.4) is 0 Å². The monoisotopic (exact) mass is 324 g/mol. The fourth-order valence-electron chi connectivity index (χ4n) is 3.20. The summed E-state index contributed by atoms with van der Waals surface area (Å²) in [6.07, 6.45) is 4.08. The standard InChI is InChI=1S/C20H24N2S/c1-21(2)11-12-22-17-5-3-4-6-19(17)23-20-10-9-16(14-18(20)22)13-15-7-8-15/h3-6,9-10,14-15H,7-8,11-13H2,1-2H3. The Bertz CT molecular complexity index is 707. The molecule has 0 amide bonds. The van der Waals surface area contributed by atoms with Gasteiger partial charge in [0.05, 0.1) is 11.4 Å². The second kappa shape index (κ2) is 6.21.